The topological polar surface area (TPSA) is 72.3 Å². The Kier molecular flexibility index (Phi) is 4.67. The minimum absolute atomic E-state index is 0.143. The molecule has 1 aromatic carbocycles. The molecule has 170 valence electrons. The summed E-state index contributed by atoms with van der Waals surface area (Å²) in [5.41, 5.74) is 9.24. The van der Waals surface area contributed by atoms with Crippen molar-refractivity contribution >= 4 is 16.6 Å². The molecular formula is C24H23F3N6. The summed E-state index contributed by atoms with van der Waals surface area (Å²) < 4.78 is 43.9. The molecule has 3 aromatic heterocycles. The lowest BCUT2D eigenvalue weighted by atomic mass is 10.1. The van der Waals surface area contributed by atoms with Crippen LogP contribution >= 0.6 is 0 Å². The first-order valence-corrected chi connectivity index (χ1v) is 11.2. The molecule has 0 amide bonds. The summed E-state index contributed by atoms with van der Waals surface area (Å²) in [5.74, 6) is 0.955. The zero-order valence-electron chi connectivity index (χ0n) is 17.8. The quantitative estimate of drug-likeness (QED) is 0.495. The molecule has 0 radical (unpaired) electrons. The first-order valence-electron chi connectivity index (χ1n) is 11.2. The molecule has 1 saturated carbocycles. The summed E-state index contributed by atoms with van der Waals surface area (Å²) in [6.45, 7) is 0.530. The van der Waals surface area contributed by atoms with Crippen LogP contribution in [0.2, 0.25) is 0 Å². The van der Waals surface area contributed by atoms with E-state index in [4.69, 9.17) is 10.7 Å². The molecule has 6 nitrogen and oxygen atoms in total. The van der Waals surface area contributed by atoms with Crippen LogP contribution in [-0.2, 0) is 0 Å². The highest BCUT2D eigenvalue weighted by atomic mass is 19.4. The third-order valence-corrected chi connectivity index (χ3v) is 6.67. The molecule has 6 rings (SSSR count). The van der Waals surface area contributed by atoms with Crippen molar-refractivity contribution < 1.29 is 13.2 Å². The first-order chi connectivity index (χ1) is 15.9. The standard InChI is InChI=1S/C24H23F3N6/c25-24(26,27)22(32-11-10-17(28)13-32)16-7-9-20-30-31-23(33(20)12-16)19-8-6-15-2-1-3-18(14-4-5-14)21(15)29-19/h1-3,6-9,12,14,17,22H,4-5,10-11,13,28H2/t17-,22+/m0/s1. The highest BCUT2D eigenvalue weighted by Gasteiger charge is 2.46. The maximum atomic E-state index is 14.1. The molecule has 1 aliphatic carbocycles. The van der Waals surface area contributed by atoms with Gasteiger partial charge in [-0.1, -0.05) is 30.3 Å². The normalized spacial score (nSPS) is 20.7. The summed E-state index contributed by atoms with van der Waals surface area (Å²) in [5, 5.41) is 9.49. The van der Waals surface area contributed by atoms with Gasteiger partial charge in [-0.2, -0.15) is 13.2 Å². The van der Waals surface area contributed by atoms with Gasteiger partial charge in [-0.15, -0.1) is 10.2 Å². The molecule has 2 aliphatic rings. The molecule has 1 aliphatic heterocycles. The Morgan fingerprint density at radius 2 is 1.85 bits per heavy atom. The summed E-state index contributed by atoms with van der Waals surface area (Å²) in [6, 6.07) is 11.1. The van der Waals surface area contributed by atoms with Crippen LogP contribution in [-0.4, -0.2) is 49.8 Å². The largest absolute Gasteiger partial charge is 0.408 e. The van der Waals surface area contributed by atoms with Crippen molar-refractivity contribution in [1.82, 2.24) is 24.5 Å². The van der Waals surface area contributed by atoms with E-state index in [9.17, 15) is 13.2 Å². The molecule has 9 heteroatoms. The average Bonchev–Trinajstić information content (AvgIpc) is 3.41. The van der Waals surface area contributed by atoms with E-state index in [1.807, 2.05) is 24.3 Å². The number of fused-ring (bicyclic) bond motifs is 2. The molecule has 4 aromatic rings. The van der Waals surface area contributed by atoms with Crippen LogP contribution in [0.15, 0.2) is 48.7 Å². The second-order valence-electron chi connectivity index (χ2n) is 9.09. The predicted octanol–water partition coefficient (Wildman–Crippen LogP) is 4.46. The van der Waals surface area contributed by atoms with Crippen molar-refractivity contribution in [3.05, 3.63) is 59.8 Å². The van der Waals surface area contributed by atoms with E-state index in [-0.39, 0.29) is 18.2 Å². The van der Waals surface area contributed by atoms with Crippen molar-refractivity contribution in [3.8, 4) is 11.5 Å². The van der Waals surface area contributed by atoms with Crippen LogP contribution in [0.25, 0.3) is 28.1 Å². The van der Waals surface area contributed by atoms with Gasteiger partial charge in [0.15, 0.2) is 11.5 Å². The molecule has 2 atom stereocenters. The van der Waals surface area contributed by atoms with Crippen molar-refractivity contribution in [1.29, 1.82) is 0 Å². The van der Waals surface area contributed by atoms with E-state index < -0.39 is 12.2 Å². The number of nitrogens with two attached hydrogens (primary N) is 1. The van der Waals surface area contributed by atoms with Crippen molar-refractivity contribution in [3.63, 3.8) is 0 Å². The summed E-state index contributed by atoms with van der Waals surface area (Å²) in [7, 11) is 0. The van der Waals surface area contributed by atoms with Crippen molar-refractivity contribution in [2.45, 2.75) is 43.4 Å². The number of hydrogen-bond donors (Lipinski definition) is 1. The Morgan fingerprint density at radius 3 is 2.58 bits per heavy atom. The second kappa shape index (κ2) is 7.50. The molecule has 4 heterocycles. The van der Waals surface area contributed by atoms with Crippen LogP contribution < -0.4 is 5.73 Å². The summed E-state index contributed by atoms with van der Waals surface area (Å²) in [4.78, 5) is 6.28. The number of hydrogen-bond acceptors (Lipinski definition) is 5. The van der Waals surface area contributed by atoms with E-state index in [0.717, 1.165) is 23.7 Å². The average molecular weight is 452 g/mol. The van der Waals surface area contributed by atoms with Crippen LogP contribution in [0, 0.1) is 0 Å². The van der Waals surface area contributed by atoms with Crippen LogP contribution in [0.5, 0.6) is 0 Å². The van der Waals surface area contributed by atoms with Gasteiger partial charge in [0.25, 0.3) is 0 Å². The Labute approximate surface area is 188 Å². The number of benzene rings is 1. The van der Waals surface area contributed by atoms with E-state index in [1.54, 1.807) is 10.5 Å². The van der Waals surface area contributed by atoms with Gasteiger partial charge in [0.05, 0.1) is 5.52 Å². The number of para-hydroxylation sites is 1. The number of halogens is 3. The molecule has 33 heavy (non-hydrogen) atoms. The molecule has 0 unspecified atom stereocenters. The summed E-state index contributed by atoms with van der Waals surface area (Å²) in [6.07, 6.45) is -0.0723. The van der Waals surface area contributed by atoms with E-state index >= 15 is 0 Å². The molecule has 2 fully saturated rings. The number of likely N-dealkylation sites (tertiary alicyclic amines) is 1. The fourth-order valence-electron chi connectivity index (χ4n) is 4.92. The number of rotatable bonds is 4. The highest BCUT2D eigenvalue weighted by Crippen LogP contribution is 2.43. The molecular weight excluding hydrogens is 429 g/mol. The van der Waals surface area contributed by atoms with Gasteiger partial charge in [0.2, 0.25) is 0 Å². The summed E-state index contributed by atoms with van der Waals surface area (Å²) >= 11 is 0. The van der Waals surface area contributed by atoms with E-state index in [0.29, 0.717) is 36.0 Å². The fourth-order valence-corrected chi connectivity index (χ4v) is 4.92. The zero-order chi connectivity index (χ0) is 22.7. The lowest BCUT2D eigenvalue weighted by molar-refractivity contribution is -0.183. The van der Waals surface area contributed by atoms with Gasteiger partial charge in [-0.3, -0.25) is 9.30 Å². The minimum atomic E-state index is -4.42. The third kappa shape index (κ3) is 3.65. The lowest BCUT2D eigenvalue weighted by Crippen LogP contribution is -2.38. The lowest BCUT2D eigenvalue weighted by Gasteiger charge is -2.30. The maximum absolute atomic E-state index is 14.1. The number of aromatic nitrogens is 4. The van der Waals surface area contributed by atoms with E-state index in [2.05, 4.69) is 16.3 Å². The van der Waals surface area contributed by atoms with Gasteiger partial charge in [0, 0.05) is 30.7 Å². The Hall–Kier alpha value is -3.04. The third-order valence-electron chi connectivity index (χ3n) is 6.67. The second-order valence-corrected chi connectivity index (χ2v) is 9.09. The molecule has 2 N–H and O–H groups in total. The number of pyridine rings is 2. The van der Waals surface area contributed by atoms with Crippen LogP contribution in [0.3, 0.4) is 0 Å². The van der Waals surface area contributed by atoms with Gasteiger partial charge < -0.3 is 5.73 Å². The van der Waals surface area contributed by atoms with Gasteiger partial charge in [-0.05, 0) is 48.4 Å². The smallest absolute Gasteiger partial charge is 0.326 e. The van der Waals surface area contributed by atoms with Crippen LogP contribution in [0.1, 0.15) is 42.3 Å². The molecule has 1 saturated heterocycles. The Morgan fingerprint density at radius 1 is 1.00 bits per heavy atom. The molecule has 0 bridgehead atoms. The Balaban J connectivity index is 1.46. The van der Waals surface area contributed by atoms with Crippen molar-refractivity contribution in [2.75, 3.05) is 13.1 Å². The maximum Gasteiger partial charge on any atom is 0.408 e. The van der Waals surface area contributed by atoms with E-state index in [1.165, 1.54) is 22.7 Å². The van der Waals surface area contributed by atoms with Gasteiger partial charge in [-0.25, -0.2) is 4.98 Å². The Bertz CT molecular complexity index is 1340. The number of nitrogens with zero attached hydrogens (tertiary/aromatic N) is 5. The number of alkyl halides is 3. The predicted molar refractivity (Wildman–Crippen MR) is 119 cm³/mol. The SMILES string of the molecule is N[C@H]1CCN([C@H](c2ccc3nnc(-c4ccc5cccc(C6CC6)c5n4)n3c2)C(F)(F)F)C1. The van der Waals surface area contributed by atoms with Gasteiger partial charge >= 0.3 is 6.18 Å². The van der Waals surface area contributed by atoms with Crippen LogP contribution in [0.4, 0.5) is 13.2 Å². The van der Waals surface area contributed by atoms with Crippen molar-refractivity contribution in [2.24, 2.45) is 5.73 Å². The molecule has 0 spiro atoms. The fraction of sp³-hybridized carbons (Fsp3) is 0.375. The highest BCUT2D eigenvalue weighted by molar-refractivity contribution is 5.84. The van der Waals surface area contributed by atoms with Gasteiger partial charge in [0.1, 0.15) is 11.7 Å². The minimum Gasteiger partial charge on any atom is -0.326 e. The zero-order valence-corrected chi connectivity index (χ0v) is 17.8. The monoisotopic (exact) mass is 452 g/mol. The first kappa shape index (κ1) is 20.6.